The molecule has 0 radical (unpaired) electrons. The van der Waals surface area contributed by atoms with E-state index in [1.807, 2.05) is 10.7 Å². The normalized spacial score (nSPS) is 11.7. The van der Waals surface area contributed by atoms with Crippen molar-refractivity contribution in [3.8, 4) is 0 Å². The molecule has 96 valence electrons. The zero-order valence-electron chi connectivity index (χ0n) is 11.4. The standard InChI is InChI=1S/C15H20N2O/c1-9(2)12-6-13(11(5)18)14-8-16-17(10(3)4)15(14)7-12/h6-10,18H,5H2,1-4H3. The van der Waals surface area contributed by atoms with Crippen molar-refractivity contribution in [2.24, 2.45) is 0 Å². The third-order valence-corrected chi connectivity index (χ3v) is 3.21. The Morgan fingerprint density at radius 1 is 1.28 bits per heavy atom. The third-order valence-electron chi connectivity index (χ3n) is 3.21. The maximum absolute atomic E-state index is 9.74. The van der Waals surface area contributed by atoms with Gasteiger partial charge in [0, 0.05) is 17.0 Å². The Morgan fingerprint density at radius 2 is 1.94 bits per heavy atom. The van der Waals surface area contributed by atoms with Crippen LogP contribution in [0, 0.1) is 0 Å². The molecule has 1 aromatic heterocycles. The molecular weight excluding hydrogens is 224 g/mol. The molecule has 1 N–H and O–H groups in total. The Hall–Kier alpha value is -1.77. The van der Waals surface area contributed by atoms with Gasteiger partial charge in [-0.15, -0.1) is 0 Å². The van der Waals surface area contributed by atoms with E-state index in [9.17, 15) is 5.11 Å². The fourth-order valence-corrected chi connectivity index (χ4v) is 2.15. The summed E-state index contributed by atoms with van der Waals surface area (Å²) < 4.78 is 1.98. The second-order valence-corrected chi connectivity index (χ2v) is 5.29. The minimum Gasteiger partial charge on any atom is -0.508 e. The van der Waals surface area contributed by atoms with Crippen LogP contribution in [-0.2, 0) is 0 Å². The van der Waals surface area contributed by atoms with E-state index in [1.165, 1.54) is 5.56 Å². The van der Waals surface area contributed by atoms with Gasteiger partial charge in [-0.05, 0) is 37.5 Å². The van der Waals surface area contributed by atoms with Crippen molar-refractivity contribution in [3.05, 3.63) is 36.0 Å². The van der Waals surface area contributed by atoms with Gasteiger partial charge in [0.1, 0.15) is 5.76 Å². The summed E-state index contributed by atoms with van der Waals surface area (Å²) in [4.78, 5) is 0. The highest BCUT2D eigenvalue weighted by Crippen LogP contribution is 2.29. The van der Waals surface area contributed by atoms with Crippen LogP contribution in [-0.4, -0.2) is 14.9 Å². The number of hydrogen-bond donors (Lipinski definition) is 1. The van der Waals surface area contributed by atoms with Crippen LogP contribution in [0.25, 0.3) is 16.7 Å². The molecule has 1 aromatic carbocycles. The molecule has 0 amide bonds. The molecule has 1 heterocycles. The van der Waals surface area contributed by atoms with Gasteiger partial charge in [0.2, 0.25) is 0 Å². The topological polar surface area (TPSA) is 38.1 Å². The lowest BCUT2D eigenvalue weighted by atomic mass is 9.97. The van der Waals surface area contributed by atoms with Crippen LogP contribution in [0.5, 0.6) is 0 Å². The number of nitrogens with zero attached hydrogens (tertiary/aromatic N) is 2. The Labute approximate surface area is 108 Å². The van der Waals surface area contributed by atoms with Crippen LogP contribution in [0.4, 0.5) is 0 Å². The van der Waals surface area contributed by atoms with E-state index in [0.29, 0.717) is 12.0 Å². The smallest absolute Gasteiger partial charge is 0.116 e. The average molecular weight is 244 g/mol. The highest BCUT2D eigenvalue weighted by Gasteiger charge is 2.14. The lowest BCUT2D eigenvalue weighted by Gasteiger charge is -2.12. The lowest BCUT2D eigenvalue weighted by molar-refractivity contribution is 0.514. The SMILES string of the molecule is C=C(O)c1cc(C(C)C)cc2c1cnn2C(C)C. The summed E-state index contributed by atoms with van der Waals surface area (Å²) in [6.45, 7) is 12.1. The summed E-state index contributed by atoms with van der Waals surface area (Å²) in [6.07, 6.45) is 1.80. The Morgan fingerprint density at radius 3 is 2.44 bits per heavy atom. The predicted octanol–water partition coefficient (Wildman–Crippen LogP) is 4.27. The number of aliphatic hydroxyl groups excluding tert-OH is 1. The first kappa shape index (κ1) is 12.7. The summed E-state index contributed by atoms with van der Waals surface area (Å²) in [5.41, 5.74) is 3.03. The van der Waals surface area contributed by atoms with Crippen molar-refractivity contribution >= 4 is 16.7 Å². The summed E-state index contributed by atoms with van der Waals surface area (Å²) in [5, 5.41) is 15.1. The predicted molar refractivity (Wildman–Crippen MR) is 75.9 cm³/mol. The fraction of sp³-hybridized carbons (Fsp3) is 0.400. The van der Waals surface area contributed by atoms with E-state index in [1.54, 1.807) is 6.20 Å². The van der Waals surface area contributed by atoms with Crippen molar-refractivity contribution in [3.63, 3.8) is 0 Å². The second kappa shape index (κ2) is 4.48. The number of fused-ring (bicyclic) bond motifs is 1. The van der Waals surface area contributed by atoms with Gasteiger partial charge in [0.05, 0.1) is 11.7 Å². The van der Waals surface area contributed by atoms with Gasteiger partial charge in [-0.3, -0.25) is 4.68 Å². The maximum Gasteiger partial charge on any atom is 0.116 e. The van der Waals surface area contributed by atoms with E-state index in [-0.39, 0.29) is 5.76 Å². The third kappa shape index (κ3) is 2.01. The van der Waals surface area contributed by atoms with Gasteiger partial charge in [0.15, 0.2) is 0 Å². The first-order chi connectivity index (χ1) is 8.41. The number of aromatic nitrogens is 2. The van der Waals surface area contributed by atoms with Crippen molar-refractivity contribution in [2.45, 2.75) is 39.7 Å². The monoisotopic (exact) mass is 244 g/mol. The van der Waals surface area contributed by atoms with E-state index >= 15 is 0 Å². The molecule has 0 fully saturated rings. The van der Waals surface area contributed by atoms with Gasteiger partial charge in [-0.2, -0.15) is 5.10 Å². The summed E-state index contributed by atoms with van der Waals surface area (Å²) in [5.74, 6) is 0.508. The minimum atomic E-state index is 0.103. The zero-order chi connectivity index (χ0) is 13.4. The summed E-state index contributed by atoms with van der Waals surface area (Å²) in [6, 6.07) is 4.45. The first-order valence-corrected chi connectivity index (χ1v) is 6.31. The van der Waals surface area contributed by atoms with Crippen molar-refractivity contribution in [1.82, 2.24) is 9.78 Å². The molecule has 0 bridgehead atoms. The summed E-state index contributed by atoms with van der Waals surface area (Å²) >= 11 is 0. The van der Waals surface area contributed by atoms with Crippen LogP contribution in [0.15, 0.2) is 24.9 Å². The van der Waals surface area contributed by atoms with Crippen molar-refractivity contribution in [2.75, 3.05) is 0 Å². The quantitative estimate of drug-likeness (QED) is 0.819. The van der Waals surface area contributed by atoms with E-state index in [4.69, 9.17) is 0 Å². The Bertz CT molecular complexity index is 594. The largest absolute Gasteiger partial charge is 0.508 e. The molecule has 3 heteroatoms. The molecule has 2 aromatic rings. The van der Waals surface area contributed by atoms with E-state index in [0.717, 1.165) is 16.5 Å². The second-order valence-electron chi connectivity index (χ2n) is 5.29. The van der Waals surface area contributed by atoms with Gasteiger partial charge < -0.3 is 5.11 Å². The van der Waals surface area contributed by atoms with Gasteiger partial charge in [-0.1, -0.05) is 20.4 Å². The molecule has 0 atom stereocenters. The van der Waals surface area contributed by atoms with E-state index < -0.39 is 0 Å². The van der Waals surface area contributed by atoms with Crippen molar-refractivity contribution < 1.29 is 5.11 Å². The molecule has 0 aliphatic heterocycles. The van der Waals surface area contributed by atoms with Crippen LogP contribution in [0.1, 0.15) is 50.8 Å². The molecular formula is C15H20N2O. The number of rotatable bonds is 3. The zero-order valence-corrected chi connectivity index (χ0v) is 11.4. The maximum atomic E-state index is 9.74. The number of hydrogen-bond acceptors (Lipinski definition) is 2. The van der Waals surface area contributed by atoms with Crippen LogP contribution < -0.4 is 0 Å². The highest BCUT2D eigenvalue weighted by molar-refractivity contribution is 5.90. The van der Waals surface area contributed by atoms with Crippen LogP contribution in [0.2, 0.25) is 0 Å². The molecule has 2 rings (SSSR count). The van der Waals surface area contributed by atoms with Gasteiger partial charge in [-0.25, -0.2) is 0 Å². The molecule has 0 saturated carbocycles. The highest BCUT2D eigenvalue weighted by atomic mass is 16.3. The van der Waals surface area contributed by atoms with Crippen LogP contribution >= 0.6 is 0 Å². The van der Waals surface area contributed by atoms with Crippen LogP contribution in [0.3, 0.4) is 0 Å². The molecule has 3 nitrogen and oxygen atoms in total. The average Bonchev–Trinajstić information content (AvgIpc) is 2.70. The molecule has 0 saturated heterocycles. The van der Waals surface area contributed by atoms with Crippen molar-refractivity contribution in [1.29, 1.82) is 0 Å². The molecule has 0 spiro atoms. The number of aliphatic hydroxyl groups is 1. The Balaban J connectivity index is 2.79. The van der Waals surface area contributed by atoms with E-state index in [2.05, 4.69) is 45.4 Å². The molecule has 0 aliphatic rings. The molecule has 0 aliphatic carbocycles. The molecule has 18 heavy (non-hydrogen) atoms. The lowest BCUT2D eigenvalue weighted by Crippen LogP contribution is -2.03. The first-order valence-electron chi connectivity index (χ1n) is 6.31. The minimum absolute atomic E-state index is 0.103. The summed E-state index contributed by atoms with van der Waals surface area (Å²) in [7, 11) is 0. The van der Waals surface area contributed by atoms with Gasteiger partial charge >= 0.3 is 0 Å². The number of benzene rings is 1. The van der Waals surface area contributed by atoms with Gasteiger partial charge in [0.25, 0.3) is 0 Å². The molecule has 0 unspecified atom stereocenters. The Kier molecular flexibility index (Phi) is 3.16. The fourth-order valence-electron chi connectivity index (χ4n) is 2.15.